The molecule has 0 amide bonds. The summed E-state index contributed by atoms with van der Waals surface area (Å²) in [6.07, 6.45) is 0. The lowest BCUT2D eigenvalue weighted by molar-refractivity contribution is 0.102. The first-order valence-electron chi connectivity index (χ1n) is 8.87. The number of fused-ring (bicyclic) bond motifs is 1. The summed E-state index contributed by atoms with van der Waals surface area (Å²) >= 11 is 1.37. The first-order valence-corrected chi connectivity index (χ1v) is 9.69. The second-order valence-corrected chi connectivity index (χ2v) is 7.83. The summed E-state index contributed by atoms with van der Waals surface area (Å²) in [4.78, 5) is 22.7. The van der Waals surface area contributed by atoms with Crippen LogP contribution in [0.5, 0.6) is 5.75 Å². The highest BCUT2D eigenvalue weighted by Crippen LogP contribution is 2.40. The van der Waals surface area contributed by atoms with Crippen molar-refractivity contribution in [3.05, 3.63) is 16.1 Å². The highest BCUT2D eigenvalue weighted by molar-refractivity contribution is 7.21. The van der Waals surface area contributed by atoms with Gasteiger partial charge in [0.05, 0.1) is 16.3 Å². The number of piperazine rings is 1. The Morgan fingerprint density at radius 3 is 2.62 bits per heavy atom. The van der Waals surface area contributed by atoms with Crippen LogP contribution >= 0.6 is 11.3 Å². The number of rotatable bonds is 6. The number of ether oxygens (including phenoxy) is 1. The van der Waals surface area contributed by atoms with E-state index in [4.69, 9.17) is 10.6 Å². The van der Waals surface area contributed by atoms with Crippen molar-refractivity contribution in [2.45, 2.75) is 20.8 Å². The molecule has 0 aromatic carbocycles. The van der Waals surface area contributed by atoms with Crippen molar-refractivity contribution < 1.29 is 9.53 Å². The molecule has 0 spiro atoms. The average Bonchev–Trinajstić information content (AvgIpc) is 2.98. The van der Waals surface area contributed by atoms with Gasteiger partial charge in [0.1, 0.15) is 17.2 Å². The number of nitrogens with zero attached hydrogens (tertiary/aromatic N) is 3. The molecule has 8 heteroatoms. The summed E-state index contributed by atoms with van der Waals surface area (Å²) in [7, 11) is 2.15. The Hall–Kier alpha value is -1.74. The van der Waals surface area contributed by atoms with Crippen LogP contribution in [-0.2, 0) is 0 Å². The lowest BCUT2D eigenvalue weighted by atomic mass is 10.1. The van der Waals surface area contributed by atoms with Crippen LogP contribution in [0.15, 0.2) is 0 Å². The van der Waals surface area contributed by atoms with E-state index in [1.165, 1.54) is 11.3 Å². The molecular weight excluding hydrogens is 350 g/mol. The van der Waals surface area contributed by atoms with Crippen molar-refractivity contribution >= 4 is 33.0 Å². The van der Waals surface area contributed by atoms with Crippen LogP contribution in [0.25, 0.3) is 10.2 Å². The lowest BCUT2D eigenvalue weighted by Gasteiger charge is -2.32. The van der Waals surface area contributed by atoms with Crippen LogP contribution in [0.2, 0.25) is 0 Å². The van der Waals surface area contributed by atoms with Crippen LogP contribution in [0.4, 0.5) is 5.69 Å². The van der Waals surface area contributed by atoms with Crippen molar-refractivity contribution in [1.82, 2.24) is 14.8 Å². The molecule has 2 aromatic rings. The van der Waals surface area contributed by atoms with Crippen LogP contribution < -0.4 is 16.0 Å². The number of ketones is 1. The maximum absolute atomic E-state index is 11.9. The molecule has 3 rings (SSSR count). The fourth-order valence-electron chi connectivity index (χ4n) is 3.38. The van der Waals surface area contributed by atoms with E-state index in [2.05, 4.69) is 27.3 Å². The Bertz CT molecular complexity index is 812. The number of carbonyl (C=O) groups is 1. The smallest absolute Gasteiger partial charge is 0.171 e. The Balaban J connectivity index is 1.81. The van der Waals surface area contributed by atoms with E-state index in [9.17, 15) is 4.79 Å². The second-order valence-electron chi connectivity index (χ2n) is 6.83. The van der Waals surface area contributed by atoms with Gasteiger partial charge in [0.25, 0.3) is 0 Å². The van der Waals surface area contributed by atoms with Gasteiger partial charge in [-0.15, -0.1) is 11.3 Å². The molecule has 3 N–H and O–H groups in total. The Morgan fingerprint density at radius 1 is 1.31 bits per heavy atom. The van der Waals surface area contributed by atoms with Crippen LogP contribution in [0.3, 0.4) is 0 Å². The molecule has 1 aliphatic heterocycles. The minimum atomic E-state index is -0.0180. The summed E-state index contributed by atoms with van der Waals surface area (Å²) in [5.74, 6) is 6.46. The number of nitrogens with two attached hydrogens (primary N) is 1. The van der Waals surface area contributed by atoms with E-state index in [1.807, 2.05) is 13.8 Å². The lowest BCUT2D eigenvalue weighted by Crippen LogP contribution is -2.45. The van der Waals surface area contributed by atoms with Crippen molar-refractivity contribution in [3.63, 3.8) is 0 Å². The summed E-state index contributed by atoms with van der Waals surface area (Å²) < 4.78 is 6.11. The van der Waals surface area contributed by atoms with Gasteiger partial charge in [-0.2, -0.15) is 0 Å². The molecule has 2 aromatic heterocycles. The Morgan fingerprint density at radius 2 is 2.00 bits per heavy atom. The third-order valence-corrected chi connectivity index (χ3v) is 6.10. The standard InChI is InChI=1S/C18H27N5O2S/c1-11-14-15(21-19)17(13(3)24)26-18(14)20-12(2)16(11)25-10-9-23-7-5-22(4)6-8-23/h21H,5-10,19H2,1-4H3. The fraction of sp³-hybridized carbons (Fsp3) is 0.556. The molecule has 1 fully saturated rings. The van der Waals surface area contributed by atoms with E-state index in [0.29, 0.717) is 17.2 Å². The number of pyridine rings is 1. The van der Waals surface area contributed by atoms with Crippen molar-refractivity contribution in [3.8, 4) is 5.75 Å². The Labute approximate surface area is 158 Å². The molecule has 3 heterocycles. The van der Waals surface area contributed by atoms with E-state index in [1.54, 1.807) is 6.92 Å². The maximum atomic E-state index is 11.9. The summed E-state index contributed by atoms with van der Waals surface area (Å²) in [5, 5.41) is 0.878. The summed E-state index contributed by atoms with van der Waals surface area (Å²) in [6.45, 7) is 11.3. The van der Waals surface area contributed by atoms with E-state index in [-0.39, 0.29) is 5.78 Å². The number of nitrogen functional groups attached to an aromatic ring is 1. The van der Waals surface area contributed by atoms with Gasteiger partial charge in [-0.25, -0.2) is 4.98 Å². The zero-order valence-electron chi connectivity index (χ0n) is 15.9. The number of aryl methyl sites for hydroxylation is 2. The molecule has 0 saturated carbocycles. The third-order valence-electron chi connectivity index (χ3n) is 4.92. The van der Waals surface area contributed by atoms with E-state index in [0.717, 1.165) is 59.9 Å². The van der Waals surface area contributed by atoms with Gasteiger partial charge in [0.2, 0.25) is 0 Å². The maximum Gasteiger partial charge on any atom is 0.171 e. The van der Waals surface area contributed by atoms with Crippen LogP contribution in [-0.4, -0.2) is 66.9 Å². The molecule has 0 atom stereocenters. The van der Waals surface area contributed by atoms with Gasteiger partial charge >= 0.3 is 0 Å². The molecule has 26 heavy (non-hydrogen) atoms. The van der Waals surface area contributed by atoms with Crippen LogP contribution in [0.1, 0.15) is 27.9 Å². The van der Waals surface area contributed by atoms with Crippen molar-refractivity contribution in [2.75, 3.05) is 51.8 Å². The van der Waals surface area contributed by atoms with Gasteiger partial charge in [-0.1, -0.05) is 0 Å². The molecule has 0 bridgehead atoms. The number of nitrogens with one attached hydrogen (secondary N) is 1. The number of Topliss-reactive ketones (excluding diaryl/α,β-unsaturated/α-hetero) is 1. The molecule has 0 unspecified atom stereocenters. The molecule has 0 aliphatic carbocycles. The Kier molecular flexibility index (Phi) is 5.76. The minimum Gasteiger partial charge on any atom is -0.490 e. The van der Waals surface area contributed by atoms with Gasteiger partial charge < -0.3 is 15.1 Å². The van der Waals surface area contributed by atoms with E-state index >= 15 is 0 Å². The topological polar surface area (TPSA) is 83.7 Å². The van der Waals surface area contributed by atoms with Gasteiger partial charge in [0, 0.05) is 50.6 Å². The highest BCUT2D eigenvalue weighted by atomic mass is 32.1. The van der Waals surface area contributed by atoms with Crippen molar-refractivity contribution in [2.24, 2.45) is 5.84 Å². The molecule has 142 valence electrons. The fourth-order valence-corrected chi connectivity index (χ4v) is 4.52. The number of carbonyl (C=O) groups excluding carboxylic acids is 1. The normalized spacial score (nSPS) is 16.2. The number of hydrazine groups is 1. The molecule has 1 aliphatic rings. The summed E-state index contributed by atoms with van der Waals surface area (Å²) in [5.41, 5.74) is 5.14. The van der Waals surface area contributed by atoms with E-state index < -0.39 is 0 Å². The second kappa shape index (κ2) is 7.87. The number of anilines is 1. The number of hydrogen-bond donors (Lipinski definition) is 2. The number of hydrogen-bond acceptors (Lipinski definition) is 8. The molecule has 7 nitrogen and oxygen atoms in total. The monoisotopic (exact) mass is 377 g/mol. The molecule has 0 radical (unpaired) electrons. The van der Waals surface area contributed by atoms with Crippen LogP contribution in [0, 0.1) is 13.8 Å². The van der Waals surface area contributed by atoms with Gasteiger partial charge in [-0.05, 0) is 20.9 Å². The van der Waals surface area contributed by atoms with Gasteiger partial charge in [-0.3, -0.25) is 15.5 Å². The SMILES string of the molecule is CC(=O)c1sc2nc(C)c(OCCN3CCN(C)CC3)c(C)c2c1NN. The third kappa shape index (κ3) is 3.68. The zero-order chi connectivity index (χ0) is 18.8. The predicted molar refractivity (Wildman–Crippen MR) is 106 cm³/mol. The van der Waals surface area contributed by atoms with Crippen molar-refractivity contribution in [1.29, 1.82) is 0 Å². The number of aromatic nitrogens is 1. The first kappa shape index (κ1) is 19.0. The number of thiophene rings is 1. The zero-order valence-corrected chi connectivity index (χ0v) is 16.7. The largest absolute Gasteiger partial charge is 0.490 e. The summed E-state index contributed by atoms with van der Waals surface area (Å²) in [6, 6.07) is 0. The molecule has 1 saturated heterocycles. The molecular formula is C18H27N5O2S. The average molecular weight is 378 g/mol. The quantitative estimate of drug-likeness (QED) is 0.453. The van der Waals surface area contributed by atoms with Gasteiger partial charge in [0.15, 0.2) is 5.78 Å². The first-order chi connectivity index (χ1) is 12.4. The predicted octanol–water partition coefficient (Wildman–Crippen LogP) is 2.03. The highest BCUT2D eigenvalue weighted by Gasteiger charge is 2.21. The minimum absolute atomic E-state index is 0.0180. The number of likely N-dealkylation sites (N-methyl/N-ethyl adjacent to an activating group) is 1.